The van der Waals surface area contributed by atoms with Gasteiger partial charge in [0.2, 0.25) is 0 Å². The molecule has 28 heavy (non-hydrogen) atoms. The standard InChI is InChI=1S/C17H17F4N5O2/c1-9-6-13(26-15(24-9)22-8-23-26)25-14(16(2,3)27)10-4-5-12(11(18)7-10)28-17(19,20)21/h4-8,14,25,27H,1-3H3. The summed E-state index contributed by atoms with van der Waals surface area (Å²) in [5.41, 5.74) is -0.581. The van der Waals surface area contributed by atoms with Crippen LogP contribution in [0.5, 0.6) is 5.75 Å². The monoisotopic (exact) mass is 399 g/mol. The first-order valence-electron chi connectivity index (χ1n) is 8.15. The summed E-state index contributed by atoms with van der Waals surface area (Å²) in [4.78, 5) is 8.20. The van der Waals surface area contributed by atoms with Crippen LogP contribution in [-0.2, 0) is 0 Å². The number of anilines is 1. The van der Waals surface area contributed by atoms with Gasteiger partial charge in [-0.2, -0.15) is 14.6 Å². The highest BCUT2D eigenvalue weighted by Crippen LogP contribution is 2.33. The average molecular weight is 399 g/mol. The van der Waals surface area contributed by atoms with E-state index in [-0.39, 0.29) is 5.56 Å². The van der Waals surface area contributed by atoms with E-state index >= 15 is 0 Å². The van der Waals surface area contributed by atoms with E-state index in [4.69, 9.17) is 0 Å². The first-order valence-corrected chi connectivity index (χ1v) is 8.15. The smallest absolute Gasteiger partial charge is 0.403 e. The number of benzene rings is 1. The molecule has 2 N–H and O–H groups in total. The van der Waals surface area contributed by atoms with Crippen LogP contribution in [0, 0.1) is 12.7 Å². The molecule has 2 aromatic heterocycles. The molecule has 0 bridgehead atoms. The molecule has 0 saturated heterocycles. The number of rotatable bonds is 5. The van der Waals surface area contributed by atoms with Gasteiger partial charge in [-0.3, -0.25) is 0 Å². The zero-order chi connectivity index (χ0) is 20.7. The van der Waals surface area contributed by atoms with E-state index < -0.39 is 29.6 Å². The Kier molecular flexibility index (Phi) is 4.88. The average Bonchev–Trinajstić information content (AvgIpc) is 3.00. The fourth-order valence-corrected chi connectivity index (χ4v) is 2.75. The van der Waals surface area contributed by atoms with Crippen molar-refractivity contribution in [3.05, 3.63) is 47.7 Å². The van der Waals surface area contributed by atoms with E-state index in [2.05, 4.69) is 25.1 Å². The van der Waals surface area contributed by atoms with Crippen LogP contribution in [0.15, 0.2) is 30.6 Å². The Morgan fingerprint density at radius 3 is 2.54 bits per heavy atom. The highest BCUT2D eigenvalue weighted by atomic mass is 19.4. The number of ether oxygens (including phenoxy) is 1. The fourth-order valence-electron chi connectivity index (χ4n) is 2.75. The van der Waals surface area contributed by atoms with Crippen LogP contribution in [0.2, 0.25) is 0 Å². The third-order valence-electron chi connectivity index (χ3n) is 3.89. The molecule has 11 heteroatoms. The molecule has 0 aliphatic heterocycles. The molecule has 3 aromatic rings. The minimum Gasteiger partial charge on any atom is -0.403 e. The van der Waals surface area contributed by atoms with E-state index in [1.54, 1.807) is 13.0 Å². The second-order valence-electron chi connectivity index (χ2n) is 6.72. The highest BCUT2D eigenvalue weighted by molar-refractivity contribution is 5.48. The summed E-state index contributed by atoms with van der Waals surface area (Å²) >= 11 is 0. The number of fused-ring (bicyclic) bond motifs is 1. The van der Waals surface area contributed by atoms with Crippen LogP contribution >= 0.6 is 0 Å². The Labute approximate surface area is 157 Å². The van der Waals surface area contributed by atoms with Gasteiger partial charge in [0.1, 0.15) is 12.1 Å². The van der Waals surface area contributed by atoms with Gasteiger partial charge in [0.05, 0.1) is 11.6 Å². The maximum absolute atomic E-state index is 14.2. The molecule has 1 aromatic carbocycles. The lowest BCUT2D eigenvalue weighted by Crippen LogP contribution is -2.35. The van der Waals surface area contributed by atoms with Crippen LogP contribution in [0.4, 0.5) is 23.4 Å². The number of halogens is 4. The normalized spacial score (nSPS) is 13.6. The number of nitrogens with one attached hydrogen (secondary N) is 1. The Bertz CT molecular complexity index is 997. The molecule has 0 saturated carbocycles. The topological polar surface area (TPSA) is 84.6 Å². The quantitative estimate of drug-likeness (QED) is 0.640. The van der Waals surface area contributed by atoms with Gasteiger partial charge in [-0.05, 0) is 38.5 Å². The minimum atomic E-state index is -5.01. The number of hydrogen-bond acceptors (Lipinski definition) is 6. The number of hydrogen-bond donors (Lipinski definition) is 2. The SMILES string of the molecule is Cc1cc(NC(c2ccc(OC(F)(F)F)c(F)c2)C(C)(C)O)n2ncnc2n1. The van der Waals surface area contributed by atoms with Crippen molar-refractivity contribution in [1.82, 2.24) is 19.6 Å². The number of alkyl halides is 3. The number of aromatic nitrogens is 4. The van der Waals surface area contributed by atoms with Gasteiger partial charge in [0.15, 0.2) is 11.6 Å². The molecule has 3 rings (SSSR count). The zero-order valence-corrected chi connectivity index (χ0v) is 15.1. The fraction of sp³-hybridized carbons (Fsp3) is 0.353. The number of aryl methyl sites for hydroxylation is 1. The van der Waals surface area contributed by atoms with Crippen LogP contribution in [0.3, 0.4) is 0 Å². The van der Waals surface area contributed by atoms with E-state index in [0.29, 0.717) is 17.3 Å². The number of nitrogens with zero attached hydrogens (tertiary/aromatic N) is 4. The van der Waals surface area contributed by atoms with Crippen molar-refractivity contribution in [2.45, 2.75) is 38.8 Å². The summed E-state index contributed by atoms with van der Waals surface area (Å²) in [5, 5.41) is 17.7. The molecule has 0 spiro atoms. The lowest BCUT2D eigenvalue weighted by Gasteiger charge is -2.31. The molecule has 0 aliphatic carbocycles. The second-order valence-corrected chi connectivity index (χ2v) is 6.72. The largest absolute Gasteiger partial charge is 0.573 e. The van der Waals surface area contributed by atoms with Crippen LogP contribution in [-0.4, -0.2) is 36.7 Å². The third-order valence-corrected chi connectivity index (χ3v) is 3.89. The second kappa shape index (κ2) is 6.89. The van der Waals surface area contributed by atoms with Crippen molar-refractivity contribution in [3.8, 4) is 5.75 Å². The lowest BCUT2D eigenvalue weighted by atomic mass is 9.91. The van der Waals surface area contributed by atoms with Gasteiger partial charge in [0, 0.05) is 11.8 Å². The zero-order valence-electron chi connectivity index (χ0n) is 15.1. The Morgan fingerprint density at radius 2 is 1.93 bits per heavy atom. The summed E-state index contributed by atoms with van der Waals surface area (Å²) < 4.78 is 56.3. The molecule has 0 amide bonds. The van der Waals surface area contributed by atoms with Crippen molar-refractivity contribution in [2.24, 2.45) is 0 Å². The molecule has 7 nitrogen and oxygen atoms in total. The summed E-state index contributed by atoms with van der Waals surface area (Å²) in [6.45, 7) is 4.70. The minimum absolute atomic E-state index is 0.210. The molecule has 1 atom stereocenters. The van der Waals surface area contributed by atoms with E-state index in [9.17, 15) is 22.7 Å². The predicted molar refractivity (Wildman–Crippen MR) is 91.3 cm³/mol. The highest BCUT2D eigenvalue weighted by Gasteiger charge is 2.34. The van der Waals surface area contributed by atoms with Crippen LogP contribution in [0.25, 0.3) is 5.78 Å². The van der Waals surface area contributed by atoms with Crippen molar-refractivity contribution >= 4 is 11.6 Å². The maximum atomic E-state index is 14.2. The predicted octanol–water partition coefficient (Wildman–Crippen LogP) is 3.39. The van der Waals surface area contributed by atoms with Crippen LogP contribution < -0.4 is 10.1 Å². The van der Waals surface area contributed by atoms with Crippen molar-refractivity contribution in [2.75, 3.05) is 5.32 Å². The first-order chi connectivity index (χ1) is 12.9. The van der Waals surface area contributed by atoms with Gasteiger partial charge in [-0.15, -0.1) is 13.2 Å². The van der Waals surface area contributed by atoms with Gasteiger partial charge >= 0.3 is 6.36 Å². The Balaban J connectivity index is 1.99. The summed E-state index contributed by atoms with van der Waals surface area (Å²) in [5.74, 6) is -1.42. The Morgan fingerprint density at radius 1 is 1.21 bits per heavy atom. The molecule has 150 valence electrons. The van der Waals surface area contributed by atoms with Crippen molar-refractivity contribution < 1.29 is 27.4 Å². The summed E-state index contributed by atoms with van der Waals surface area (Å²) in [6, 6.07) is 3.74. The van der Waals surface area contributed by atoms with Gasteiger partial charge in [-0.1, -0.05) is 6.07 Å². The molecule has 1 unspecified atom stereocenters. The molecule has 0 radical (unpaired) electrons. The molecule has 0 fully saturated rings. The third kappa shape index (κ3) is 4.30. The molecular formula is C17H17F4N5O2. The van der Waals surface area contributed by atoms with Gasteiger partial charge < -0.3 is 15.2 Å². The van der Waals surface area contributed by atoms with Crippen LogP contribution in [0.1, 0.15) is 31.1 Å². The molecule has 2 heterocycles. The van der Waals surface area contributed by atoms with Crippen molar-refractivity contribution in [3.63, 3.8) is 0 Å². The summed E-state index contributed by atoms with van der Waals surface area (Å²) in [6.07, 6.45) is -3.71. The van der Waals surface area contributed by atoms with Crippen molar-refractivity contribution in [1.29, 1.82) is 0 Å². The Hall–Kier alpha value is -2.95. The summed E-state index contributed by atoms with van der Waals surface area (Å²) in [7, 11) is 0. The maximum Gasteiger partial charge on any atom is 0.573 e. The van der Waals surface area contributed by atoms with Gasteiger partial charge in [0.25, 0.3) is 5.78 Å². The van der Waals surface area contributed by atoms with E-state index in [1.807, 2.05) is 0 Å². The van der Waals surface area contributed by atoms with Gasteiger partial charge in [-0.25, -0.2) is 9.37 Å². The first kappa shape index (κ1) is 19.8. The molecule has 0 aliphatic rings. The number of aliphatic hydroxyl groups is 1. The van der Waals surface area contributed by atoms with E-state index in [0.717, 1.165) is 12.1 Å². The lowest BCUT2D eigenvalue weighted by molar-refractivity contribution is -0.275. The van der Waals surface area contributed by atoms with E-state index in [1.165, 1.54) is 30.8 Å². The molecular weight excluding hydrogens is 382 g/mol.